The van der Waals surface area contributed by atoms with Crippen LogP contribution in [-0.2, 0) is 7.05 Å². The summed E-state index contributed by atoms with van der Waals surface area (Å²) in [5.74, 6) is -0.763. The van der Waals surface area contributed by atoms with E-state index < -0.39 is 12.4 Å². The number of hydrogen-bond donors (Lipinski definition) is 0. The first-order valence-corrected chi connectivity index (χ1v) is 9.12. The van der Waals surface area contributed by atoms with Crippen molar-refractivity contribution in [3.8, 4) is 17.1 Å². The van der Waals surface area contributed by atoms with Gasteiger partial charge in [0.05, 0.1) is 5.56 Å². The molecule has 0 aliphatic rings. The van der Waals surface area contributed by atoms with Crippen LogP contribution in [0.25, 0.3) is 16.9 Å². The number of ether oxygens (including phenoxy) is 1. The summed E-state index contributed by atoms with van der Waals surface area (Å²) in [6, 6.07) is 5.30. The molecule has 150 valence electrons. The summed E-state index contributed by atoms with van der Waals surface area (Å²) in [5, 5.41) is 4.48. The second kappa shape index (κ2) is 7.69. The quantitative estimate of drug-likeness (QED) is 0.612. The minimum Gasteiger partial charge on any atom is -0.435 e. The van der Waals surface area contributed by atoms with Crippen molar-refractivity contribution >= 4 is 5.52 Å². The molecule has 5 nitrogen and oxygen atoms in total. The van der Waals surface area contributed by atoms with E-state index in [1.54, 1.807) is 0 Å². The second-order valence-corrected chi connectivity index (χ2v) is 6.72. The van der Waals surface area contributed by atoms with Crippen molar-refractivity contribution in [1.29, 1.82) is 0 Å². The maximum Gasteiger partial charge on any atom is 0.387 e. The van der Waals surface area contributed by atoms with Crippen molar-refractivity contribution in [3.05, 3.63) is 51.7 Å². The SMILES string of the molecule is CCC(CC)c1cc(C)n2nc(-c3ccc(OC(F)F)cc3F)n(C)c(=O)c12. The highest BCUT2D eigenvalue weighted by atomic mass is 19.3. The minimum absolute atomic E-state index is 0.0281. The molecule has 0 aliphatic carbocycles. The first-order valence-electron chi connectivity index (χ1n) is 9.12. The largest absolute Gasteiger partial charge is 0.435 e. The number of fused-ring (bicyclic) bond motifs is 1. The number of aromatic nitrogens is 3. The highest BCUT2D eigenvalue weighted by Crippen LogP contribution is 2.29. The average Bonchev–Trinajstić information content (AvgIpc) is 2.96. The predicted molar refractivity (Wildman–Crippen MR) is 101 cm³/mol. The van der Waals surface area contributed by atoms with Gasteiger partial charge in [-0.2, -0.15) is 8.78 Å². The van der Waals surface area contributed by atoms with E-state index in [1.807, 2.05) is 13.0 Å². The summed E-state index contributed by atoms with van der Waals surface area (Å²) in [5.41, 5.74) is 1.93. The first-order chi connectivity index (χ1) is 13.3. The Morgan fingerprint density at radius 2 is 1.86 bits per heavy atom. The number of nitrogens with zero attached hydrogens (tertiary/aromatic N) is 3. The fourth-order valence-electron chi connectivity index (χ4n) is 3.54. The van der Waals surface area contributed by atoms with E-state index in [9.17, 15) is 18.0 Å². The van der Waals surface area contributed by atoms with Gasteiger partial charge in [-0.1, -0.05) is 13.8 Å². The van der Waals surface area contributed by atoms with Gasteiger partial charge < -0.3 is 4.74 Å². The Bertz CT molecular complexity index is 1070. The molecule has 0 unspecified atom stereocenters. The molecule has 0 aliphatic heterocycles. The average molecular weight is 393 g/mol. The zero-order valence-electron chi connectivity index (χ0n) is 16.2. The Kier molecular flexibility index (Phi) is 5.49. The Morgan fingerprint density at radius 3 is 2.43 bits per heavy atom. The molecule has 2 heterocycles. The monoisotopic (exact) mass is 393 g/mol. The van der Waals surface area contributed by atoms with Crippen LogP contribution in [0.5, 0.6) is 5.75 Å². The number of hydrogen-bond acceptors (Lipinski definition) is 3. The topological polar surface area (TPSA) is 48.5 Å². The summed E-state index contributed by atoms with van der Waals surface area (Å²) in [7, 11) is 1.52. The van der Waals surface area contributed by atoms with Gasteiger partial charge in [0.25, 0.3) is 5.56 Å². The minimum atomic E-state index is -3.05. The molecule has 0 bridgehead atoms. The summed E-state index contributed by atoms with van der Waals surface area (Å²) >= 11 is 0. The van der Waals surface area contributed by atoms with Gasteiger partial charge in [0.15, 0.2) is 5.82 Å². The molecule has 0 atom stereocenters. The lowest BCUT2D eigenvalue weighted by molar-refractivity contribution is -0.0499. The van der Waals surface area contributed by atoms with E-state index in [4.69, 9.17) is 0 Å². The number of alkyl halides is 2. The molecular weight excluding hydrogens is 371 g/mol. The molecular formula is C20H22F3N3O2. The summed E-state index contributed by atoms with van der Waals surface area (Å²) < 4.78 is 46.3. The van der Waals surface area contributed by atoms with Gasteiger partial charge in [0.2, 0.25) is 0 Å². The lowest BCUT2D eigenvalue weighted by Gasteiger charge is -2.14. The maximum absolute atomic E-state index is 14.6. The van der Waals surface area contributed by atoms with Crippen LogP contribution in [0, 0.1) is 12.7 Å². The number of rotatable bonds is 6. The molecule has 3 rings (SSSR count). The van der Waals surface area contributed by atoms with Crippen LogP contribution in [0.4, 0.5) is 13.2 Å². The molecule has 0 N–H and O–H groups in total. The Balaban J connectivity index is 2.21. The lowest BCUT2D eigenvalue weighted by atomic mass is 9.95. The van der Waals surface area contributed by atoms with Crippen molar-refractivity contribution in [2.75, 3.05) is 0 Å². The fourth-order valence-corrected chi connectivity index (χ4v) is 3.54. The van der Waals surface area contributed by atoms with Gasteiger partial charge >= 0.3 is 6.61 Å². The van der Waals surface area contributed by atoms with E-state index in [0.717, 1.165) is 30.2 Å². The van der Waals surface area contributed by atoms with E-state index >= 15 is 0 Å². The van der Waals surface area contributed by atoms with E-state index in [1.165, 1.54) is 28.3 Å². The molecule has 0 saturated carbocycles. The van der Waals surface area contributed by atoms with Gasteiger partial charge in [-0.05, 0) is 49.4 Å². The normalized spacial score (nSPS) is 11.8. The third-order valence-electron chi connectivity index (χ3n) is 5.04. The molecule has 28 heavy (non-hydrogen) atoms. The van der Waals surface area contributed by atoms with Crippen LogP contribution in [0.1, 0.15) is 43.9 Å². The zero-order valence-corrected chi connectivity index (χ0v) is 16.2. The molecule has 8 heteroatoms. The first kappa shape index (κ1) is 20.0. The Morgan fingerprint density at radius 1 is 1.18 bits per heavy atom. The Labute approximate surface area is 160 Å². The molecule has 0 saturated heterocycles. The van der Waals surface area contributed by atoms with Crippen LogP contribution >= 0.6 is 0 Å². The standard InChI is InChI=1S/C20H22F3N3O2/c1-5-12(6-2)15-9-11(3)26-17(15)19(27)25(4)18(24-26)14-8-7-13(10-16(14)21)28-20(22)23/h7-10,12,20H,5-6H2,1-4H3. The third-order valence-corrected chi connectivity index (χ3v) is 5.04. The van der Waals surface area contributed by atoms with Gasteiger partial charge in [0.1, 0.15) is 17.1 Å². The number of halogens is 3. The van der Waals surface area contributed by atoms with Crippen LogP contribution < -0.4 is 10.3 Å². The number of benzene rings is 1. The van der Waals surface area contributed by atoms with Crippen LogP contribution in [-0.4, -0.2) is 20.8 Å². The van der Waals surface area contributed by atoms with E-state index in [0.29, 0.717) is 5.52 Å². The third kappa shape index (κ3) is 3.39. The molecule has 1 aromatic carbocycles. The Hall–Kier alpha value is -2.77. The second-order valence-electron chi connectivity index (χ2n) is 6.72. The fraction of sp³-hybridized carbons (Fsp3) is 0.400. The van der Waals surface area contributed by atoms with Crippen molar-refractivity contribution in [3.63, 3.8) is 0 Å². The molecule has 0 spiro atoms. The van der Waals surface area contributed by atoms with Crippen molar-refractivity contribution < 1.29 is 17.9 Å². The summed E-state index contributed by atoms with van der Waals surface area (Å²) in [4.78, 5) is 13.1. The van der Waals surface area contributed by atoms with Crippen LogP contribution in [0.2, 0.25) is 0 Å². The van der Waals surface area contributed by atoms with E-state index in [-0.39, 0.29) is 28.6 Å². The van der Waals surface area contributed by atoms with Gasteiger partial charge in [-0.3, -0.25) is 9.36 Å². The summed E-state index contributed by atoms with van der Waals surface area (Å²) in [6.07, 6.45) is 1.78. The zero-order chi connectivity index (χ0) is 20.6. The molecule has 2 aromatic heterocycles. The van der Waals surface area contributed by atoms with Crippen molar-refractivity contribution in [2.45, 2.75) is 46.1 Å². The summed E-state index contributed by atoms with van der Waals surface area (Å²) in [6.45, 7) is 2.93. The molecule has 3 aromatic rings. The van der Waals surface area contributed by atoms with Gasteiger partial charge in [0, 0.05) is 18.8 Å². The van der Waals surface area contributed by atoms with Crippen LogP contribution in [0.3, 0.4) is 0 Å². The van der Waals surface area contributed by atoms with Crippen molar-refractivity contribution in [1.82, 2.24) is 14.2 Å². The molecule has 0 amide bonds. The molecule has 0 radical (unpaired) electrons. The maximum atomic E-state index is 14.6. The van der Waals surface area contributed by atoms with Crippen molar-refractivity contribution in [2.24, 2.45) is 7.05 Å². The highest BCUT2D eigenvalue weighted by molar-refractivity contribution is 5.62. The van der Waals surface area contributed by atoms with E-state index in [2.05, 4.69) is 23.7 Å². The number of aryl methyl sites for hydroxylation is 1. The predicted octanol–water partition coefficient (Wildman–Crippen LogP) is 4.65. The van der Waals surface area contributed by atoms with Crippen LogP contribution in [0.15, 0.2) is 29.1 Å². The lowest BCUT2D eigenvalue weighted by Crippen LogP contribution is -2.24. The molecule has 0 fully saturated rings. The smallest absolute Gasteiger partial charge is 0.387 e. The highest BCUT2D eigenvalue weighted by Gasteiger charge is 2.21. The van der Waals surface area contributed by atoms with Gasteiger partial charge in [-0.25, -0.2) is 8.91 Å². The van der Waals surface area contributed by atoms with Gasteiger partial charge in [-0.15, -0.1) is 5.10 Å².